The highest BCUT2D eigenvalue weighted by molar-refractivity contribution is 6.07. The number of carbonyl (C=O) groups excluding carboxylic acids is 1. The summed E-state index contributed by atoms with van der Waals surface area (Å²) in [5, 5.41) is 3.47. The third-order valence-electron chi connectivity index (χ3n) is 5.91. The number of nitrogens with zero attached hydrogens (tertiary/aromatic N) is 1. The number of anilines is 2. The van der Waals surface area contributed by atoms with E-state index in [0.29, 0.717) is 23.7 Å². The average Bonchev–Trinajstić information content (AvgIpc) is 3.32. The molecule has 2 aromatic rings. The molecule has 1 N–H and O–H groups in total. The Morgan fingerprint density at radius 3 is 2.62 bits per heavy atom. The third kappa shape index (κ3) is 2.61. The maximum Gasteiger partial charge on any atom is 0.338 e. The van der Waals surface area contributed by atoms with Crippen molar-refractivity contribution in [2.24, 2.45) is 0 Å². The zero-order valence-electron chi connectivity index (χ0n) is 16.8. The zero-order valence-corrected chi connectivity index (χ0v) is 16.8. The summed E-state index contributed by atoms with van der Waals surface area (Å²) in [4.78, 5) is 14.7. The number of methoxy groups -OCH3 is 1. The molecule has 1 fully saturated rings. The number of hydrogen-bond donors (Lipinski definition) is 1. The van der Waals surface area contributed by atoms with Crippen LogP contribution in [0, 0.1) is 13.8 Å². The van der Waals surface area contributed by atoms with Gasteiger partial charge in [0, 0.05) is 30.4 Å². The molecular weight excluding hydrogens is 372 g/mol. The van der Waals surface area contributed by atoms with Crippen LogP contribution in [0.4, 0.5) is 11.4 Å². The maximum atomic E-state index is 12.6. The van der Waals surface area contributed by atoms with Gasteiger partial charge >= 0.3 is 5.97 Å². The second-order valence-electron chi connectivity index (χ2n) is 7.48. The molecule has 0 aliphatic carbocycles. The highest BCUT2D eigenvalue weighted by Crippen LogP contribution is 2.47. The number of hydrogen-bond acceptors (Lipinski definition) is 7. The topological polar surface area (TPSA) is 69.3 Å². The van der Waals surface area contributed by atoms with Gasteiger partial charge in [0.15, 0.2) is 11.5 Å². The predicted octanol–water partition coefficient (Wildman–Crippen LogP) is 3.24. The van der Waals surface area contributed by atoms with E-state index in [0.717, 1.165) is 39.5 Å². The van der Waals surface area contributed by atoms with E-state index in [1.54, 1.807) is 7.11 Å². The van der Waals surface area contributed by atoms with Crippen molar-refractivity contribution in [1.82, 2.24) is 0 Å². The molecule has 1 unspecified atom stereocenters. The van der Waals surface area contributed by atoms with E-state index >= 15 is 0 Å². The van der Waals surface area contributed by atoms with Gasteiger partial charge in [-0.3, -0.25) is 0 Å². The molecule has 7 nitrogen and oxygen atoms in total. The van der Waals surface area contributed by atoms with Gasteiger partial charge in [-0.1, -0.05) is 0 Å². The van der Waals surface area contributed by atoms with Gasteiger partial charge in [0.2, 0.25) is 6.79 Å². The van der Waals surface area contributed by atoms with E-state index in [1.807, 2.05) is 45.2 Å². The molecule has 3 heterocycles. The zero-order chi connectivity index (χ0) is 20.3. The van der Waals surface area contributed by atoms with Crippen LogP contribution in [0.2, 0.25) is 0 Å². The van der Waals surface area contributed by atoms with Crippen LogP contribution in [0.15, 0.2) is 29.8 Å². The number of ether oxygens (including phenoxy) is 4. The molecule has 0 spiro atoms. The number of nitrogens with one attached hydrogen (secondary N) is 1. The molecular formula is C22H22N2O5. The van der Waals surface area contributed by atoms with E-state index in [9.17, 15) is 4.79 Å². The molecule has 150 valence electrons. The fourth-order valence-electron chi connectivity index (χ4n) is 4.15. The molecule has 2 aromatic carbocycles. The summed E-state index contributed by atoms with van der Waals surface area (Å²) < 4.78 is 22.0. The van der Waals surface area contributed by atoms with Crippen LogP contribution in [0.25, 0.3) is 5.70 Å². The second kappa shape index (κ2) is 6.34. The van der Waals surface area contributed by atoms with Crippen LogP contribution in [-0.4, -0.2) is 39.6 Å². The SMILES string of the molecule is COc1cc(NC2=C3C(=O)OCC3N(C)c3cc4c(cc32)OCO4)cc(C)c1C. The van der Waals surface area contributed by atoms with Gasteiger partial charge in [-0.15, -0.1) is 0 Å². The van der Waals surface area contributed by atoms with Crippen LogP contribution < -0.4 is 24.4 Å². The van der Waals surface area contributed by atoms with Crippen LogP contribution in [0.1, 0.15) is 16.7 Å². The molecule has 0 saturated carbocycles. The van der Waals surface area contributed by atoms with Gasteiger partial charge in [0.25, 0.3) is 0 Å². The van der Waals surface area contributed by atoms with Gasteiger partial charge in [0.05, 0.1) is 30.1 Å². The molecule has 0 aromatic heterocycles. The quantitative estimate of drug-likeness (QED) is 0.802. The molecule has 1 atom stereocenters. The van der Waals surface area contributed by atoms with E-state index in [-0.39, 0.29) is 18.8 Å². The van der Waals surface area contributed by atoms with Crippen molar-refractivity contribution in [1.29, 1.82) is 0 Å². The molecule has 3 aliphatic rings. The molecule has 0 bridgehead atoms. The molecule has 3 aliphatic heterocycles. The van der Waals surface area contributed by atoms with Crippen molar-refractivity contribution < 1.29 is 23.7 Å². The lowest BCUT2D eigenvalue weighted by atomic mass is 9.93. The molecule has 0 amide bonds. The Morgan fingerprint density at radius 2 is 1.86 bits per heavy atom. The van der Waals surface area contributed by atoms with Gasteiger partial charge in [0.1, 0.15) is 12.4 Å². The molecule has 29 heavy (non-hydrogen) atoms. The van der Waals surface area contributed by atoms with Crippen molar-refractivity contribution >= 4 is 23.0 Å². The highest BCUT2D eigenvalue weighted by Gasteiger charge is 2.42. The summed E-state index contributed by atoms with van der Waals surface area (Å²) in [6.07, 6.45) is 0. The fraction of sp³-hybridized carbons (Fsp3) is 0.318. The van der Waals surface area contributed by atoms with Crippen molar-refractivity contribution in [2.75, 3.05) is 37.8 Å². The highest BCUT2D eigenvalue weighted by atomic mass is 16.7. The average molecular weight is 394 g/mol. The number of carbonyl (C=O) groups is 1. The van der Waals surface area contributed by atoms with Crippen LogP contribution in [0.5, 0.6) is 17.2 Å². The first-order chi connectivity index (χ1) is 14.0. The Balaban J connectivity index is 1.68. The summed E-state index contributed by atoms with van der Waals surface area (Å²) in [5.74, 6) is 1.86. The Kier molecular flexibility index (Phi) is 3.87. The summed E-state index contributed by atoms with van der Waals surface area (Å²) in [5.41, 5.74) is 6.21. The summed E-state index contributed by atoms with van der Waals surface area (Å²) in [6.45, 7) is 4.57. The van der Waals surface area contributed by atoms with Crippen molar-refractivity contribution in [3.63, 3.8) is 0 Å². The Labute approximate surface area is 168 Å². The third-order valence-corrected chi connectivity index (χ3v) is 5.91. The second-order valence-corrected chi connectivity index (χ2v) is 7.48. The van der Waals surface area contributed by atoms with Crippen LogP contribution in [-0.2, 0) is 9.53 Å². The largest absolute Gasteiger partial charge is 0.496 e. The minimum Gasteiger partial charge on any atom is -0.496 e. The lowest BCUT2D eigenvalue weighted by Gasteiger charge is -2.34. The molecule has 5 rings (SSSR count). The number of likely N-dealkylation sites (N-methyl/N-ethyl adjacent to an activating group) is 1. The number of benzene rings is 2. The Morgan fingerprint density at radius 1 is 1.10 bits per heavy atom. The van der Waals surface area contributed by atoms with E-state index < -0.39 is 0 Å². The molecule has 1 saturated heterocycles. The lowest BCUT2D eigenvalue weighted by molar-refractivity contribution is -0.135. The first-order valence-electron chi connectivity index (χ1n) is 9.48. The van der Waals surface area contributed by atoms with E-state index in [4.69, 9.17) is 18.9 Å². The maximum absolute atomic E-state index is 12.6. The Bertz CT molecular complexity index is 1080. The van der Waals surface area contributed by atoms with E-state index in [1.165, 1.54) is 0 Å². The first kappa shape index (κ1) is 17.7. The summed E-state index contributed by atoms with van der Waals surface area (Å²) in [6, 6.07) is 7.71. The summed E-state index contributed by atoms with van der Waals surface area (Å²) >= 11 is 0. The monoisotopic (exact) mass is 394 g/mol. The number of rotatable bonds is 3. The fourth-order valence-corrected chi connectivity index (χ4v) is 4.15. The normalized spacial score (nSPS) is 19.1. The minimum atomic E-state index is -0.302. The van der Waals surface area contributed by atoms with Gasteiger partial charge < -0.3 is 29.2 Å². The van der Waals surface area contributed by atoms with Crippen molar-refractivity contribution in [3.8, 4) is 17.2 Å². The standard InChI is InChI=1S/C22H22N2O5/c1-11-5-13(6-17(26-4)12(11)2)23-21-14-7-18-19(29-10-28-18)8-15(14)24(3)16-9-27-22(25)20(16)21/h5-8,16,23H,9-10H2,1-4H3. The summed E-state index contributed by atoms with van der Waals surface area (Å²) in [7, 11) is 3.62. The molecule has 7 heteroatoms. The van der Waals surface area contributed by atoms with Gasteiger partial charge in [-0.2, -0.15) is 0 Å². The minimum absolute atomic E-state index is 0.161. The Hall–Kier alpha value is -3.35. The first-order valence-corrected chi connectivity index (χ1v) is 9.48. The van der Waals surface area contributed by atoms with Gasteiger partial charge in [-0.05, 0) is 37.1 Å². The van der Waals surface area contributed by atoms with Gasteiger partial charge in [-0.25, -0.2) is 4.79 Å². The number of cyclic esters (lactones) is 1. The lowest BCUT2D eigenvalue weighted by Crippen LogP contribution is -2.38. The molecule has 0 radical (unpaired) electrons. The van der Waals surface area contributed by atoms with Crippen molar-refractivity contribution in [3.05, 3.63) is 46.5 Å². The van der Waals surface area contributed by atoms with E-state index in [2.05, 4.69) is 10.2 Å². The predicted molar refractivity (Wildman–Crippen MR) is 109 cm³/mol. The number of aryl methyl sites for hydroxylation is 1. The number of esters is 1. The van der Waals surface area contributed by atoms with Crippen molar-refractivity contribution in [2.45, 2.75) is 19.9 Å². The van der Waals surface area contributed by atoms with Crippen LogP contribution in [0.3, 0.4) is 0 Å². The smallest absolute Gasteiger partial charge is 0.338 e. The number of fused-ring (bicyclic) bond motifs is 3. The van der Waals surface area contributed by atoms with Crippen LogP contribution >= 0.6 is 0 Å².